The highest BCUT2D eigenvalue weighted by Crippen LogP contribution is 2.44. The second-order valence-corrected chi connectivity index (χ2v) is 7.14. The van der Waals surface area contributed by atoms with Crippen molar-refractivity contribution in [3.63, 3.8) is 0 Å². The number of rotatable bonds is 5. The van der Waals surface area contributed by atoms with Gasteiger partial charge in [-0.15, -0.1) is 0 Å². The lowest BCUT2D eigenvalue weighted by Crippen LogP contribution is -2.41. The first-order valence-electron chi connectivity index (χ1n) is 7.60. The zero-order chi connectivity index (χ0) is 12.9. The van der Waals surface area contributed by atoms with Gasteiger partial charge in [0.2, 0.25) is 5.91 Å². The molecular formula is C15H26N2O. The molecule has 1 spiro atoms. The Morgan fingerprint density at radius 1 is 1.33 bits per heavy atom. The molecule has 3 heteroatoms. The molecule has 3 rings (SSSR count). The lowest BCUT2D eigenvalue weighted by molar-refractivity contribution is -0.131. The summed E-state index contributed by atoms with van der Waals surface area (Å²) in [6.07, 6.45) is 6.22. The Kier molecular flexibility index (Phi) is 2.92. The minimum absolute atomic E-state index is 0.136. The molecule has 2 atom stereocenters. The molecule has 1 N–H and O–H groups in total. The second-order valence-electron chi connectivity index (χ2n) is 7.14. The van der Waals surface area contributed by atoms with Gasteiger partial charge in [-0.3, -0.25) is 10.1 Å². The number of carbonyl (C=O) groups excluding carboxylic acids is 1. The van der Waals surface area contributed by atoms with Crippen molar-refractivity contribution in [2.24, 2.45) is 17.8 Å². The van der Waals surface area contributed by atoms with Crippen molar-refractivity contribution in [2.75, 3.05) is 6.54 Å². The standard InChI is InChI=1S/C15H26N2O/c1-10(2)8-13-16-15(6-7-15)14(18)17(13)9-11(3)12-4-5-12/h10-13,16H,4-9H2,1-3H3. The Labute approximate surface area is 110 Å². The predicted octanol–water partition coefficient (Wildman–Crippen LogP) is 2.37. The van der Waals surface area contributed by atoms with E-state index in [-0.39, 0.29) is 5.54 Å². The maximum absolute atomic E-state index is 12.5. The smallest absolute Gasteiger partial charge is 0.244 e. The lowest BCUT2D eigenvalue weighted by Gasteiger charge is -2.28. The molecule has 2 unspecified atom stereocenters. The van der Waals surface area contributed by atoms with Crippen LogP contribution in [0.5, 0.6) is 0 Å². The molecule has 2 aliphatic carbocycles. The summed E-state index contributed by atoms with van der Waals surface area (Å²) in [4.78, 5) is 14.7. The zero-order valence-electron chi connectivity index (χ0n) is 11.9. The molecule has 3 aliphatic rings. The van der Waals surface area contributed by atoms with E-state index in [4.69, 9.17) is 0 Å². The molecule has 2 saturated carbocycles. The summed E-state index contributed by atoms with van der Waals surface area (Å²) < 4.78 is 0. The van der Waals surface area contributed by atoms with E-state index in [1.54, 1.807) is 0 Å². The van der Waals surface area contributed by atoms with Gasteiger partial charge in [-0.25, -0.2) is 0 Å². The van der Waals surface area contributed by atoms with Crippen LogP contribution in [0, 0.1) is 17.8 Å². The molecule has 0 aromatic rings. The largest absolute Gasteiger partial charge is 0.325 e. The van der Waals surface area contributed by atoms with Crippen molar-refractivity contribution in [3.8, 4) is 0 Å². The van der Waals surface area contributed by atoms with Crippen molar-refractivity contribution in [3.05, 3.63) is 0 Å². The first-order valence-corrected chi connectivity index (χ1v) is 7.60. The summed E-state index contributed by atoms with van der Waals surface area (Å²) in [5.41, 5.74) is -0.136. The molecule has 1 aliphatic heterocycles. The molecule has 1 saturated heterocycles. The number of amides is 1. The topological polar surface area (TPSA) is 32.3 Å². The van der Waals surface area contributed by atoms with Gasteiger partial charge in [0.25, 0.3) is 0 Å². The van der Waals surface area contributed by atoms with Crippen LogP contribution in [-0.2, 0) is 4.79 Å². The highest BCUT2D eigenvalue weighted by Gasteiger charge is 2.59. The first kappa shape index (κ1) is 12.5. The summed E-state index contributed by atoms with van der Waals surface area (Å²) in [5, 5.41) is 3.61. The fourth-order valence-electron chi connectivity index (χ4n) is 3.33. The van der Waals surface area contributed by atoms with Crippen molar-refractivity contribution in [1.82, 2.24) is 10.2 Å². The second kappa shape index (κ2) is 4.22. The molecule has 0 aromatic carbocycles. The Bertz CT molecular complexity index is 344. The Balaban J connectivity index is 1.68. The predicted molar refractivity (Wildman–Crippen MR) is 71.9 cm³/mol. The van der Waals surface area contributed by atoms with Gasteiger partial charge in [0.1, 0.15) is 0 Å². The average molecular weight is 250 g/mol. The lowest BCUT2D eigenvalue weighted by atomic mass is 10.0. The van der Waals surface area contributed by atoms with Crippen LogP contribution in [0.4, 0.5) is 0 Å². The van der Waals surface area contributed by atoms with Crippen LogP contribution in [0.1, 0.15) is 52.9 Å². The third kappa shape index (κ3) is 2.18. The maximum atomic E-state index is 12.5. The van der Waals surface area contributed by atoms with Crippen LogP contribution in [0.3, 0.4) is 0 Å². The quantitative estimate of drug-likeness (QED) is 0.812. The molecule has 1 heterocycles. The van der Waals surface area contributed by atoms with Crippen LogP contribution in [-0.4, -0.2) is 29.1 Å². The summed E-state index contributed by atoms with van der Waals surface area (Å²) in [6.45, 7) is 7.77. The number of carbonyl (C=O) groups is 1. The van der Waals surface area contributed by atoms with Gasteiger partial charge in [0.15, 0.2) is 0 Å². The molecule has 3 fully saturated rings. The van der Waals surface area contributed by atoms with Gasteiger partial charge >= 0.3 is 0 Å². The third-order valence-corrected chi connectivity index (χ3v) is 4.85. The van der Waals surface area contributed by atoms with Gasteiger partial charge in [-0.05, 0) is 49.9 Å². The summed E-state index contributed by atoms with van der Waals surface area (Å²) in [6, 6.07) is 0. The van der Waals surface area contributed by atoms with Crippen molar-refractivity contribution >= 4 is 5.91 Å². The van der Waals surface area contributed by atoms with Crippen molar-refractivity contribution < 1.29 is 4.79 Å². The highest BCUT2D eigenvalue weighted by atomic mass is 16.2. The highest BCUT2D eigenvalue weighted by molar-refractivity contribution is 5.91. The van der Waals surface area contributed by atoms with E-state index in [1.807, 2.05) is 0 Å². The molecular weight excluding hydrogens is 224 g/mol. The molecule has 18 heavy (non-hydrogen) atoms. The summed E-state index contributed by atoms with van der Waals surface area (Å²) in [7, 11) is 0. The van der Waals surface area contributed by atoms with Gasteiger partial charge in [-0.2, -0.15) is 0 Å². The van der Waals surface area contributed by atoms with Crippen LogP contribution in [0.15, 0.2) is 0 Å². The van der Waals surface area contributed by atoms with E-state index in [1.165, 1.54) is 12.8 Å². The zero-order valence-corrected chi connectivity index (χ0v) is 11.9. The summed E-state index contributed by atoms with van der Waals surface area (Å²) >= 11 is 0. The minimum Gasteiger partial charge on any atom is -0.325 e. The van der Waals surface area contributed by atoms with Crippen LogP contribution in [0.2, 0.25) is 0 Å². The fraction of sp³-hybridized carbons (Fsp3) is 0.933. The number of nitrogens with zero attached hydrogens (tertiary/aromatic N) is 1. The van der Waals surface area contributed by atoms with E-state index >= 15 is 0 Å². The Morgan fingerprint density at radius 2 is 2.00 bits per heavy atom. The van der Waals surface area contributed by atoms with Crippen molar-refractivity contribution in [1.29, 1.82) is 0 Å². The molecule has 0 radical (unpaired) electrons. The minimum atomic E-state index is -0.136. The molecule has 0 bridgehead atoms. The van der Waals surface area contributed by atoms with Gasteiger partial charge in [-0.1, -0.05) is 20.8 Å². The monoisotopic (exact) mass is 250 g/mol. The molecule has 1 amide bonds. The van der Waals surface area contributed by atoms with Gasteiger partial charge in [0, 0.05) is 6.54 Å². The Morgan fingerprint density at radius 3 is 2.50 bits per heavy atom. The van der Waals surface area contributed by atoms with E-state index in [2.05, 4.69) is 31.0 Å². The molecule has 3 nitrogen and oxygen atoms in total. The summed E-state index contributed by atoms with van der Waals surface area (Å²) in [5.74, 6) is 2.59. The van der Waals surface area contributed by atoms with Crippen molar-refractivity contribution in [2.45, 2.75) is 64.6 Å². The van der Waals surface area contributed by atoms with Crippen LogP contribution in [0.25, 0.3) is 0 Å². The van der Waals surface area contributed by atoms with E-state index in [0.29, 0.717) is 23.9 Å². The SMILES string of the molecule is CC(C)CC1NC2(CC2)C(=O)N1CC(C)C1CC1. The normalized spacial score (nSPS) is 31.4. The van der Waals surface area contributed by atoms with E-state index in [0.717, 1.165) is 31.7 Å². The molecule has 0 aromatic heterocycles. The number of hydrogen-bond acceptors (Lipinski definition) is 2. The van der Waals surface area contributed by atoms with Crippen LogP contribution >= 0.6 is 0 Å². The Hall–Kier alpha value is -0.570. The van der Waals surface area contributed by atoms with Gasteiger partial charge in [0.05, 0.1) is 11.7 Å². The fourth-order valence-corrected chi connectivity index (χ4v) is 3.33. The third-order valence-electron chi connectivity index (χ3n) is 4.85. The van der Waals surface area contributed by atoms with Crippen LogP contribution < -0.4 is 5.32 Å². The van der Waals surface area contributed by atoms with E-state index < -0.39 is 0 Å². The maximum Gasteiger partial charge on any atom is 0.244 e. The molecule has 102 valence electrons. The number of nitrogens with one attached hydrogen (secondary N) is 1. The first-order chi connectivity index (χ1) is 8.52. The van der Waals surface area contributed by atoms with E-state index in [9.17, 15) is 4.79 Å². The van der Waals surface area contributed by atoms with Gasteiger partial charge < -0.3 is 4.90 Å². The number of hydrogen-bond donors (Lipinski definition) is 1. The average Bonchev–Trinajstić information content (AvgIpc) is 3.14.